The Morgan fingerprint density at radius 3 is 2.92 bits per heavy atom. The van der Waals surface area contributed by atoms with E-state index in [0.29, 0.717) is 12.5 Å². The van der Waals surface area contributed by atoms with E-state index in [1.54, 1.807) is 0 Å². The number of rotatable bonds is 5. The van der Waals surface area contributed by atoms with Crippen LogP contribution in [0.5, 0.6) is 0 Å². The molecule has 1 saturated carbocycles. The van der Waals surface area contributed by atoms with Crippen molar-refractivity contribution in [2.24, 2.45) is 0 Å². The van der Waals surface area contributed by atoms with Crippen LogP contribution < -0.4 is 10.2 Å². The Hall–Kier alpha value is -2.37. The van der Waals surface area contributed by atoms with Crippen LogP contribution >= 0.6 is 0 Å². The van der Waals surface area contributed by atoms with E-state index in [4.69, 9.17) is 0 Å². The molecule has 1 aliphatic carbocycles. The number of hydrogen-bond acceptors (Lipinski definition) is 4. The van der Waals surface area contributed by atoms with Gasteiger partial charge in [0.25, 0.3) is 0 Å². The van der Waals surface area contributed by atoms with Crippen LogP contribution in [-0.4, -0.2) is 41.0 Å². The highest BCUT2D eigenvalue weighted by Crippen LogP contribution is 2.38. The third-order valence-corrected chi connectivity index (χ3v) is 5.34. The first-order chi connectivity index (χ1) is 12.1. The van der Waals surface area contributed by atoms with E-state index in [2.05, 4.69) is 46.6 Å². The normalized spacial score (nSPS) is 20.9. The van der Waals surface area contributed by atoms with Gasteiger partial charge in [-0.25, -0.2) is 4.68 Å². The molecule has 1 aromatic carbocycles. The van der Waals surface area contributed by atoms with E-state index >= 15 is 0 Å². The van der Waals surface area contributed by atoms with Gasteiger partial charge in [0, 0.05) is 37.9 Å². The van der Waals surface area contributed by atoms with Crippen molar-refractivity contribution in [2.75, 3.05) is 25.0 Å². The van der Waals surface area contributed by atoms with Gasteiger partial charge in [-0.05, 0) is 37.8 Å². The van der Waals surface area contributed by atoms with Gasteiger partial charge < -0.3 is 10.2 Å². The number of nitrogens with zero attached hydrogens (tertiary/aromatic N) is 4. The number of anilines is 1. The predicted octanol–water partition coefficient (Wildman–Crippen LogP) is 2.46. The Morgan fingerprint density at radius 2 is 2.12 bits per heavy atom. The maximum atomic E-state index is 12.8. The SMILES string of the molecule is CC(CNC(=O)C1CCN(C)c2ccccc21)n1cc(C2CC2)nn1. The second kappa shape index (κ2) is 6.50. The van der Waals surface area contributed by atoms with Crippen LogP contribution in [0.4, 0.5) is 5.69 Å². The molecule has 6 heteroatoms. The molecule has 0 bridgehead atoms. The van der Waals surface area contributed by atoms with Gasteiger partial charge in [0.2, 0.25) is 5.91 Å². The summed E-state index contributed by atoms with van der Waals surface area (Å²) in [5.41, 5.74) is 3.37. The summed E-state index contributed by atoms with van der Waals surface area (Å²) in [6.07, 6.45) is 5.32. The van der Waals surface area contributed by atoms with E-state index < -0.39 is 0 Å². The first kappa shape index (κ1) is 16.1. The van der Waals surface area contributed by atoms with Crippen LogP contribution in [0.1, 0.15) is 55.3 Å². The Morgan fingerprint density at radius 1 is 1.32 bits per heavy atom. The summed E-state index contributed by atoms with van der Waals surface area (Å²) in [4.78, 5) is 15.0. The summed E-state index contributed by atoms with van der Waals surface area (Å²) < 4.78 is 1.87. The number of para-hydroxylation sites is 1. The molecule has 2 aromatic rings. The molecule has 132 valence electrons. The minimum absolute atomic E-state index is 0.0719. The third-order valence-electron chi connectivity index (χ3n) is 5.34. The summed E-state index contributed by atoms with van der Waals surface area (Å²) >= 11 is 0. The molecular weight excluding hydrogens is 314 g/mol. The lowest BCUT2D eigenvalue weighted by Crippen LogP contribution is -2.38. The molecule has 1 amide bonds. The molecular formula is C19H25N5O. The van der Waals surface area contributed by atoms with Crippen LogP contribution in [0.2, 0.25) is 0 Å². The Kier molecular flexibility index (Phi) is 4.19. The van der Waals surface area contributed by atoms with Gasteiger partial charge in [0.05, 0.1) is 17.7 Å². The first-order valence-electron chi connectivity index (χ1n) is 9.13. The third kappa shape index (κ3) is 3.25. The van der Waals surface area contributed by atoms with Crippen molar-refractivity contribution in [3.05, 3.63) is 41.7 Å². The number of hydrogen-bond donors (Lipinski definition) is 1. The summed E-state index contributed by atoms with van der Waals surface area (Å²) in [6, 6.07) is 8.30. The topological polar surface area (TPSA) is 63.1 Å². The molecule has 2 unspecified atom stereocenters. The van der Waals surface area contributed by atoms with Crippen LogP contribution in [0.15, 0.2) is 30.5 Å². The summed E-state index contributed by atoms with van der Waals surface area (Å²) in [5, 5.41) is 11.6. The molecule has 1 aromatic heterocycles. The zero-order chi connectivity index (χ0) is 17.4. The lowest BCUT2D eigenvalue weighted by molar-refractivity contribution is -0.122. The number of nitrogens with one attached hydrogen (secondary N) is 1. The van der Waals surface area contributed by atoms with Crippen molar-refractivity contribution < 1.29 is 4.79 Å². The fraction of sp³-hybridized carbons (Fsp3) is 0.526. The molecule has 2 atom stereocenters. The monoisotopic (exact) mass is 339 g/mol. The van der Waals surface area contributed by atoms with Crippen molar-refractivity contribution in [2.45, 2.75) is 44.1 Å². The summed E-state index contributed by atoms with van der Waals surface area (Å²) in [7, 11) is 2.08. The molecule has 6 nitrogen and oxygen atoms in total. The highest BCUT2D eigenvalue weighted by atomic mass is 16.1. The van der Waals surface area contributed by atoms with Crippen molar-refractivity contribution >= 4 is 11.6 Å². The maximum absolute atomic E-state index is 12.8. The molecule has 1 fully saturated rings. The molecule has 1 aliphatic heterocycles. The van der Waals surface area contributed by atoms with Crippen LogP contribution in [0.3, 0.4) is 0 Å². The number of carbonyl (C=O) groups excluding carboxylic acids is 1. The standard InChI is InChI=1S/C19H25N5O/c1-13(24-12-17(21-22-24)14-7-8-14)11-20-19(25)16-9-10-23(2)18-6-4-3-5-15(16)18/h3-6,12-14,16H,7-11H2,1-2H3,(H,20,25). The van der Waals surface area contributed by atoms with Gasteiger partial charge in [-0.3, -0.25) is 4.79 Å². The quantitative estimate of drug-likeness (QED) is 0.909. The molecule has 0 spiro atoms. The Labute approximate surface area is 148 Å². The van der Waals surface area contributed by atoms with Gasteiger partial charge in [-0.1, -0.05) is 23.4 Å². The van der Waals surface area contributed by atoms with Crippen molar-refractivity contribution in [1.29, 1.82) is 0 Å². The van der Waals surface area contributed by atoms with Crippen molar-refractivity contribution in [3.63, 3.8) is 0 Å². The molecule has 2 aliphatic rings. The highest BCUT2D eigenvalue weighted by Gasteiger charge is 2.29. The van der Waals surface area contributed by atoms with E-state index in [1.807, 2.05) is 23.0 Å². The average molecular weight is 339 g/mol. The van der Waals surface area contributed by atoms with E-state index in [0.717, 1.165) is 29.9 Å². The molecule has 0 saturated heterocycles. The zero-order valence-electron chi connectivity index (χ0n) is 14.9. The smallest absolute Gasteiger partial charge is 0.227 e. The summed E-state index contributed by atoms with van der Waals surface area (Å²) in [5.74, 6) is 0.638. The largest absolute Gasteiger partial charge is 0.374 e. The van der Waals surface area contributed by atoms with Crippen molar-refractivity contribution in [3.8, 4) is 0 Å². The maximum Gasteiger partial charge on any atom is 0.227 e. The molecule has 2 heterocycles. The number of aromatic nitrogens is 3. The van der Waals surface area contributed by atoms with Crippen molar-refractivity contribution in [1.82, 2.24) is 20.3 Å². The molecule has 1 N–H and O–H groups in total. The van der Waals surface area contributed by atoms with E-state index in [-0.39, 0.29) is 17.9 Å². The predicted molar refractivity (Wildman–Crippen MR) is 96.8 cm³/mol. The fourth-order valence-electron chi connectivity index (χ4n) is 3.54. The van der Waals surface area contributed by atoms with Gasteiger partial charge in [0.15, 0.2) is 0 Å². The summed E-state index contributed by atoms with van der Waals surface area (Å²) in [6.45, 7) is 3.54. The number of carbonyl (C=O) groups is 1. The molecule has 25 heavy (non-hydrogen) atoms. The van der Waals surface area contributed by atoms with Crippen LogP contribution in [-0.2, 0) is 4.79 Å². The lowest BCUT2D eigenvalue weighted by Gasteiger charge is -2.32. The first-order valence-corrected chi connectivity index (χ1v) is 9.13. The molecule has 0 radical (unpaired) electrons. The van der Waals surface area contributed by atoms with Gasteiger partial charge >= 0.3 is 0 Å². The zero-order valence-corrected chi connectivity index (χ0v) is 14.9. The fourth-order valence-corrected chi connectivity index (χ4v) is 3.54. The Balaban J connectivity index is 1.39. The van der Waals surface area contributed by atoms with E-state index in [9.17, 15) is 4.79 Å². The van der Waals surface area contributed by atoms with Crippen LogP contribution in [0, 0.1) is 0 Å². The average Bonchev–Trinajstić information content (AvgIpc) is 3.37. The van der Waals surface area contributed by atoms with Crippen LogP contribution in [0.25, 0.3) is 0 Å². The Bertz CT molecular complexity index is 767. The minimum Gasteiger partial charge on any atom is -0.374 e. The number of amides is 1. The van der Waals surface area contributed by atoms with Gasteiger partial charge in [0.1, 0.15) is 0 Å². The lowest BCUT2D eigenvalue weighted by atomic mass is 9.89. The molecule has 4 rings (SSSR count). The van der Waals surface area contributed by atoms with E-state index in [1.165, 1.54) is 12.8 Å². The number of benzene rings is 1. The second-order valence-corrected chi connectivity index (χ2v) is 7.31. The number of fused-ring (bicyclic) bond motifs is 1. The van der Waals surface area contributed by atoms with Gasteiger partial charge in [-0.2, -0.15) is 0 Å². The van der Waals surface area contributed by atoms with Gasteiger partial charge in [-0.15, -0.1) is 5.10 Å². The highest BCUT2D eigenvalue weighted by molar-refractivity contribution is 5.86. The second-order valence-electron chi connectivity index (χ2n) is 7.31. The minimum atomic E-state index is -0.0719.